The number of halogens is 1. The molecule has 0 bridgehead atoms. The molecule has 19 heavy (non-hydrogen) atoms. The Morgan fingerprint density at radius 1 is 1.16 bits per heavy atom. The van der Waals surface area contributed by atoms with E-state index in [2.05, 4.69) is 10.3 Å². The van der Waals surface area contributed by atoms with Crippen LogP contribution in [0.3, 0.4) is 0 Å². The molecule has 0 aliphatic carbocycles. The monoisotopic (exact) mass is 260 g/mol. The molecular weight excluding hydrogens is 251 g/mol. The number of carboxylic acid groups (broad SMARTS) is 1. The number of rotatable bonds is 3. The van der Waals surface area contributed by atoms with Crippen LogP contribution in [0, 0.1) is 5.82 Å². The molecule has 1 aromatic carbocycles. The second-order valence-electron chi connectivity index (χ2n) is 3.66. The number of aromatic carboxylic acids is 1. The third-order valence-electron chi connectivity index (χ3n) is 2.42. The van der Waals surface area contributed by atoms with Crippen LogP contribution in [0.5, 0.6) is 0 Å². The van der Waals surface area contributed by atoms with E-state index < -0.39 is 17.7 Å². The van der Waals surface area contributed by atoms with Gasteiger partial charge in [-0.3, -0.25) is 9.78 Å². The number of carboxylic acids is 1. The van der Waals surface area contributed by atoms with Gasteiger partial charge in [0.05, 0.1) is 23.0 Å². The Balaban J connectivity index is 2.30. The first-order valence-corrected chi connectivity index (χ1v) is 5.33. The molecule has 0 unspecified atom stereocenters. The van der Waals surface area contributed by atoms with E-state index in [1.54, 1.807) is 0 Å². The summed E-state index contributed by atoms with van der Waals surface area (Å²) in [4.78, 5) is 26.5. The molecule has 1 amide bonds. The molecule has 0 fully saturated rings. The lowest BCUT2D eigenvalue weighted by Gasteiger charge is -2.08. The molecule has 1 aromatic heterocycles. The first kappa shape index (κ1) is 12.7. The van der Waals surface area contributed by atoms with E-state index in [9.17, 15) is 14.0 Å². The van der Waals surface area contributed by atoms with Crippen LogP contribution in [0.4, 0.5) is 10.1 Å². The Labute approximate surface area is 107 Å². The molecule has 0 saturated carbocycles. The van der Waals surface area contributed by atoms with E-state index in [1.165, 1.54) is 36.7 Å². The highest BCUT2D eigenvalue weighted by Gasteiger charge is 2.15. The second-order valence-corrected chi connectivity index (χ2v) is 3.66. The lowest BCUT2D eigenvalue weighted by Crippen LogP contribution is -2.16. The highest BCUT2D eigenvalue weighted by molar-refractivity contribution is 6.07. The summed E-state index contributed by atoms with van der Waals surface area (Å²) in [5, 5.41) is 11.3. The van der Waals surface area contributed by atoms with E-state index >= 15 is 0 Å². The molecule has 0 aliphatic heterocycles. The van der Waals surface area contributed by atoms with Crippen LogP contribution in [0.2, 0.25) is 0 Å². The molecule has 5 nitrogen and oxygen atoms in total. The Bertz CT molecular complexity index is 643. The number of nitrogens with zero attached hydrogens (tertiary/aromatic N) is 1. The summed E-state index contributed by atoms with van der Waals surface area (Å²) in [6.45, 7) is 0. The van der Waals surface area contributed by atoms with Crippen LogP contribution >= 0.6 is 0 Å². The summed E-state index contributed by atoms with van der Waals surface area (Å²) < 4.78 is 13.4. The van der Waals surface area contributed by atoms with Crippen LogP contribution < -0.4 is 5.32 Å². The van der Waals surface area contributed by atoms with Gasteiger partial charge in [-0.2, -0.15) is 0 Å². The van der Waals surface area contributed by atoms with Gasteiger partial charge in [-0.25, -0.2) is 9.18 Å². The van der Waals surface area contributed by atoms with Gasteiger partial charge in [0.25, 0.3) is 5.91 Å². The maximum Gasteiger partial charge on any atom is 0.337 e. The predicted molar refractivity (Wildman–Crippen MR) is 65.5 cm³/mol. The zero-order valence-corrected chi connectivity index (χ0v) is 9.63. The number of hydrogen-bond acceptors (Lipinski definition) is 3. The fourth-order valence-corrected chi connectivity index (χ4v) is 1.52. The van der Waals surface area contributed by atoms with E-state index in [-0.39, 0.29) is 16.8 Å². The van der Waals surface area contributed by atoms with Crippen molar-refractivity contribution >= 4 is 17.6 Å². The highest BCUT2D eigenvalue weighted by Crippen LogP contribution is 2.15. The summed E-state index contributed by atoms with van der Waals surface area (Å²) in [5.41, 5.74) is -0.259. The number of aromatic nitrogens is 1. The molecule has 0 radical (unpaired) electrons. The van der Waals surface area contributed by atoms with Crippen molar-refractivity contribution in [2.45, 2.75) is 0 Å². The molecule has 0 spiro atoms. The molecule has 2 N–H and O–H groups in total. The fourth-order valence-electron chi connectivity index (χ4n) is 1.52. The van der Waals surface area contributed by atoms with Gasteiger partial charge in [-0.05, 0) is 18.2 Å². The summed E-state index contributed by atoms with van der Waals surface area (Å²) >= 11 is 0. The molecule has 0 saturated heterocycles. The molecule has 0 aliphatic rings. The average molecular weight is 260 g/mol. The molecule has 1 heterocycles. The Hall–Kier alpha value is -2.76. The SMILES string of the molecule is O=C(Nc1cnccc1C(=O)O)c1ccccc1F. The minimum atomic E-state index is -1.20. The minimum Gasteiger partial charge on any atom is -0.478 e. The predicted octanol–water partition coefficient (Wildman–Crippen LogP) is 2.17. The van der Waals surface area contributed by atoms with Gasteiger partial charge in [-0.15, -0.1) is 0 Å². The van der Waals surface area contributed by atoms with Crippen LogP contribution in [-0.4, -0.2) is 22.0 Å². The molecule has 6 heteroatoms. The maximum absolute atomic E-state index is 13.4. The van der Waals surface area contributed by atoms with Crippen molar-refractivity contribution in [1.29, 1.82) is 0 Å². The van der Waals surface area contributed by atoms with Gasteiger partial charge in [0.2, 0.25) is 0 Å². The summed E-state index contributed by atoms with van der Waals surface area (Å²) in [6.07, 6.45) is 2.49. The van der Waals surface area contributed by atoms with Crippen LogP contribution in [0.25, 0.3) is 0 Å². The van der Waals surface area contributed by atoms with E-state index in [0.717, 1.165) is 6.07 Å². The summed E-state index contributed by atoms with van der Waals surface area (Å²) in [7, 11) is 0. The number of hydrogen-bond donors (Lipinski definition) is 2. The molecule has 2 aromatic rings. The van der Waals surface area contributed by atoms with E-state index in [0.29, 0.717) is 0 Å². The Kier molecular flexibility index (Phi) is 3.51. The van der Waals surface area contributed by atoms with Gasteiger partial charge in [-0.1, -0.05) is 12.1 Å². The molecular formula is C13H9FN2O3. The smallest absolute Gasteiger partial charge is 0.337 e. The van der Waals surface area contributed by atoms with Gasteiger partial charge in [0, 0.05) is 6.20 Å². The second kappa shape index (κ2) is 5.26. The van der Waals surface area contributed by atoms with E-state index in [1.807, 2.05) is 0 Å². The number of carbonyl (C=O) groups is 2. The third kappa shape index (κ3) is 2.74. The number of pyridine rings is 1. The lowest BCUT2D eigenvalue weighted by atomic mass is 10.2. The quantitative estimate of drug-likeness (QED) is 0.886. The number of benzene rings is 1. The summed E-state index contributed by atoms with van der Waals surface area (Å²) in [5.74, 6) is -2.61. The Morgan fingerprint density at radius 2 is 1.89 bits per heavy atom. The van der Waals surface area contributed by atoms with Crippen molar-refractivity contribution in [1.82, 2.24) is 4.98 Å². The fraction of sp³-hybridized carbons (Fsp3) is 0. The minimum absolute atomic E-state index is 0.0169. The van der Waals surface area contributed by atoms with Gasteiger partial charge < -0.3 is 10.4 Å². The first-order chi connectivity index (χ1) is 9.09. The number of amides is 1. The Morgan fingerprint density at radius 3 is 2.58 bits per heavy atom. The number of anilines is 1. The van der Waals surface area contributed by atoms with Crippen molar-refractivity contribution < 1.29 is 19.1 Å². The van der Waals surface area contributed by atoms with Crippen LogP contribution in [0.1, 0.15) is 20.7 Å². The highest BCUT2D eigenvalue weighted by atomic mass is 19.1. The van der Waals surface area contributed by atoms with Crippen molar-refractivity contribution in [3.63, 3.8) is 0 Å². The normalized spacial score (nSPS) is 9.95. The van der Waals surface area contributed by atoms with E-state index in [4.69, 9.17) is 5.11 Å². The van der Waals surface area contributed by atoms with Gasteiger partial charge in [0.1, 0.15) is 5.82 Å². The largest absolute Gasteiger partial charge is 0.478 e. The number of carbonyl (C=O) groups excluding carboxylic acids is 1. The standard InChI is InChI=1S/C13H9FN2O3/c14-10-4-2-1-3-8(10)12(17)16-11-7-15-6-5-9(11)13(18)19/h1-7H,(H,16,17)(H,18,19). The van der Waals surface area contributed by atoms with Gasteiger partial charge >= 0.3 is 5.97 Å². The van der Waals surface area contributed by atoms with Crippen molar-refractivity contribution in [2.24, 2.45) is 0 Å². The molecule has 2 rings (SSSR count). The molecule has 0 atom stereocenters. The van der Waals surface area contributed by atoms with Crippen LogP contribution in [0.15, 0.2) is 42.7 Å². The third-order valence-corrected chi connectivity index (χ3v) is 2.42. The van der Waals surface area contributed by atoms with Crippen LogP contribution in [-0.2, 0) is 0 Å². The lowest BCUT2D eigenvalue weighted by molar-refractivity contribution is 0.0698. The molecule has 96 valence electrons. The topological polar surface area (TPSA) is 79.3 Å². The zero-order chi connectivity index (χ0) is 13.8. The van der Waals surface area contributed by atoms with Crippen molar-refractivity contribution in [3.05, 3.63) is 59.7 Å². The van der Waals surface area contributed by atoms with Gasteiger partial charge in [0.15, 0.2) is 0 Å². The number of nitrogens with one attached hydrogen (secondary N) is 1. The van der Waals surface area contributed by atoms with Crippen molar-refractivity contribution in [3.8, 4) is 0 Å². The summed E-state index contributed by atoms with van der Waals surface area (Å²) in [6, 6.07) is 6.68. The average Bonchev–Trinajstić information content (AvgIpc) is 2.39. The van der Waals surface area contributed by atoms with Crippen molar-refractivity contribution in [2.75, 3.05) is 5.32 Å². The first-order valence-electron chi connectivity index (χ1n) is 5.33. The zero-order valence-electron chi connectivity index (χ0n) is 9.63. The maximum atomic E-state index is 13.4.